The first-order valence-electron chi connectivity index (χ1n) is 7.79. The molecule has 25 heavy (non-hydrogen) atoms. The normalized spacial score (nSPS) is 11.4. The standard InChI is InChI=1S/C17H14ClN5O2/c18-12-4-2-11(3-5-12)15-20-17-19-10-13-14(23(17)21-15)6-8-22(16(13)25)7-1-9-24/h2-6,8,10,24H,1,7,9H2. The molecule has 0 saturated heterocycles. The first-order valence-corrected chi connectivity index (χ1v) is 8.17. The van der Waals surface area contributed by atoms with Crippen molar-refractivity contribution in [3.05, 3.63) is 58.1 Å². The number of aliphatic hydroxyl groups excluding tert-OH is 1. The minimum Gasteiger partial charge on any atom is -0.396 e. The van der Waals surface area contributed by atoms with Crippen molar-refractivity contribution in [3.63, 3.8) is 0 Å². The molecule has 0 saturated carbocycles. The molecular weight excluding hydrogens is 342 g/mol. The number of hydrogen-bond donors (Lipinski definition) is 1. The van der Waals surface area contributed by atoms with E-state index in [0.717, 1.165) is 5.56 Å². The van der Waals surface area contributed by atoms with Crippen molar-refractivity contribution in [2.45, 2.75) is 13.0 Å². The maximum atomic E-state index is 12.6. The van der Waals surface area contributed by atoms with Crippen molar-refractivity contribution >= 4 is 28.3 Å². The van der Waals surface area contributed by atoms with Crippen molar-refractivity contribution < 1.29 is 5.11 Å². The molecule has 8 heteroatoms. The number of hydrogen-bond acceptors (Lipinski definition) is 5. The highest BCUT2D eigenvalue weighted by atomic mass is 35.5. The van der Waals surface area contributed by atoms with Crippen LogP contribution in [0.4, 0.5) is 0 Å². The zero-order chi connectivity index (χ0) is 17.4. The summed E-state index contributed by atoms with van der Waals surface area (Å²) in [4.78, 5) is 21.2. The van der Waals surface area contributed by atoms with Crippen LogP contribution in [-0.2, 0) is 6.54 Å². The van der Waals surface area contributed by atoms with Gasteiger partial charge < -0.3 is 9.67 Å². The third-order valence-electron chi connectivity index (χ3n) is 3.97. The number of aromatic nitrogens is 5. The molecule has 4 rings (SSSR count). The first kappa shape index (κ1) is 15.7. The fourth-order valence-corrected chi connectivity index (χ4v) is 2.82. The maximum absolute atomic E-state index is 12.6. The zero-order valence-corrected chi connectivity index (χ0v) is 13.9. The van der Waals surface area contributed by atoms with E-state index in [1.165, 1.54) is 6.20 Å². The minimum atomic E-state index is -0.163. The Labute approximate surface area is 147 Å². The first-order chi connectivity index (χ1) is 12.2. The third-order valence-corrected chi connectivity index (χ3v) is 4.22. The Kier molecular flexibility index (Phi) is 3.95. The summed E-state index contributed by atoms with van der Waals surface area (Å²) in [5.74, 6) is 0.936. The molecular formula is C17H14ClN5O2. The summed E-state index contributed by atoms with van der Waals surface area (Å²) in [5.41, 5.74) is 1.30. The summed E-state index contributed by atoms with van der Waals surface area (Å²) >= 11 is 5.91. The number of nitrogens with zero attached hydrogens (tertiary/aromatic N) is 5. The van der Waals surface area contributed by atoms with Crippen molar-refractivity contribution in [1.29, 1.82) is 0 Å². The molecule has 3 aromatic heterocycles. The van der Waals surface area contributed by atoms with E-state index in [-0.39, 0.29) is 12.2 Å². The van der Waals surface area contributed by atoms with Crippen LogP contribution in [0.25, 0.3) is 28.1 Å². The molecule has 0 aliphatic carbocycles. The highest BCUT2D eigenvalue weighted by molar-refractivity contribution is 6.30. The van der Waals surface area contributed by atoms with Gasteiger partial charge in [0.1, 0.15) is 0 Å². The Morgan fingerprint density at radius 3 is 2.72 bits per heavy atom. The van der Waals surface area contributed by atoms with Gasteiger partial charge in [0.15, 0.2) is 5.82 Å². The molecule has 1 aromatic carbocycles. The molecule has 0 bridgehead atoms. The van der Waals surface area contributed by atoms with E-state index in [4.69, 9.17) is 16.7 Å². The number of benzene rings is 1. The molecule has 0 radical (unpaired) electrons. The molecule has 0 fully saturated rings. The van der Waals surface area contributed by atoms with Crippen molar-refractivity contribution in [2.75, 3.05) is 6.61 Å². The van der Waals surface area contributed by atoms with Crippen LogP contribution in [0.5, 0.6) is 0 Å². The van der Waals surface area contributed by atoms with E-state index in [9.17, 15) is 4.79 Å². The monoisotopic (exact) mass is 355 g/mol. The van der Waals surface area contributed by atoms with Crippen LogP contribution >= 0.6 is 11.6 Å². The van der Waals surface area contributed by atoms with Crippen LogP contribution in [0.2, 0.25) is 5.02 Å². The van der Waals surface area contributed by atoms with Gasteiger partial charge in [0.05, 0.1) is 10.9 Å². The van der Waals surface area contributed by atoms with Crippen LogP contribution in [-0.4, -0.2) is 35.9 Å². The van der Waals surface area contributed by atoms with Crippen LogP contribution in [0.3, 0.4) is 0 Å². The molecule has 0 spiro atoms. The Balaban J connectivity index is 1.87. The Morgan fingerprint density at radius 2 is 1.96 bits per heavy atom. The number of rotatable bonds is 4. The summed E-state index contributed by atoms with van der Waals surface area (Å²) in [6.07, 6.45) is 3.73. The summed E-state index contributed by atoms with van der Waals surface area (Å²) in [6, 6.07) is 9.02. The molecule has 0 amide bonds. The molecule has 7 nitrogen and oxygen atoms in total. The van der Waals surface area contributed by atoms with Crippen molar-refractivity contribution in [3.8, 4) is 11.4 Å². The van der Waals surface area contributed by atoms with Crippen LogP contribution in [0.15, 0.2) is 47.5 Å². The van der Waals surface area contributed by atoms with Gasteiger partial charge in [-0.25, -0.2) is 4.98 Å². The van der Waals surface area contributed by atoms with Gasteiger partial charge in [-0.2, -0.15) is 9.50 Å². The predicted octanol–water partition coefficient (Wildman–Crippen LogP) is 2.14. The average Bonchev–Trinajstić information content (AvgIpc) is 3.06. The lowest BCUT2D eigenvalue weighted by Crippen LogP contribution is -2.21. The van der Waals surface area contributed by atoms with Crippen molar-refractivity contribution in [2.24, 2.45) is 0 Å². The second-order valence-corrected chi connectivity index (χ2v) is 6.04. The van der Waals surface area contributed by atoms with Gasteiger partial charge >= 0.3 is 0 Å². The SMILES string of the molecule is O=c1c2cnc3nc(-c4ccc(Cl)cc4)nn3c2ccn1CCCO. The van der Waals surface area contributed by atoms with E-state index in [2.05, 4.69) is 15.1 Å². The van der Waals surface area contributed by atoms with Gasteiger partial charge in [-0.1, -0.05) is 11.6 Å². The molecule has 0 atom stereocenters. The maximum Gasteiger partial charge on any atom is 0.261 e. The molecule has 0 aliphatic rings. The number of fused-ring (bicyclic) bond motifs is 3. The Hall–Kier alpha value is -2.77. The largest absolute Gasteiger partial charge is 0.396 e. The Bertz CT molecular complexity index is 1120. The van der Waals surface area contributed by atoms with Gasteiger partial charge in [-0.05, 0) is 36.8 Å². The molecule has 0 aliphatic heterocycles. The average molecular weight is 356 g/mol. The van der Waals surface area contributed by atoms with Crippen LogP contribution in [0.1, 0.15) is 6.42 Å². The minimum absolute atomic E-state index is 0.0370. The highest BCUT2D eigenvalue weighted by Gasteiger charge is 2.12. The summed E-state index contributed by atoms with van der Waals surface area (Å²) in [5, 5.41) is 14.5. The predicted molar refractivity (Wildman–Crippen MR) is 94.7 cm³/mol. The van der Waals surface area contributed by atoms with Crippen LogP contribution < -0.4 is 5.56 Å². The number of aryl methyl sites for hydroxylation is 1. The third kappa shape index (κ3) is 2.77. The van der Waals surface area contributed by atoms with E-state index in [0.29, 0.717) is 40.5 Å². The quantitative estimate of drug-likeness (QED) is 0.606. The summed E-state index contributed by atoms with van der Waals surface area (Å²) in [6.45, 7) is 0.492. The number of pyridine rings is 1. The molecule has 1 N–H and O–H groups in total. The highest BCUT2D eigenvalue weighted by Crippen LogP contribution is 2.20. The van der Waals surface area contributed by atoms with Gasteiger partial charge in [0.25, 0.3) is 11.3 Å². The fraction of sp³-hybridized carbons (Fsp3) is 0.176. The van der Waals surface area contributed by atoms with Gasteiger partial charge in [0, 0.05) is 36.1 Å². The summed E-state index contributed by atoms with van der Waals surface area (Å²) in [7, 11) is 0. The molecule has 0 unspecified atom stereocenters. The number of halogens is 1. The lowest BCUT2D eigenvalue weighted by Gasteiger charge is -2.06. The molecule has 3 heterocycles. The van der Waals surface area contributed by atoms with Crippen molar-refractivity contribution in [1.82, 2.24) is 24.1 Å². The van der Waals surface area contributed by atoms with Crippen LogP contribution in [0, 0.1) is 0 Å². The van der Waals surface area contributed by atoms with E-state index >= 15 is 0 Å². The molecule has 4 aromatic rings. The fourth-order valence-electron chi connectivity index (χ4n) is 2.70. The number of aliphatic hydroxyl groups is 1. The van der Waals surface area contributed by atoms with Gasteiger partial charge in [0.2, 0.25) is 0 Å². The smallest absolute Gasteiger partial charge is 0.261 e. The summed E-state index contributed by atoms with van der Waals surface area (Å²) < 4.78 is 3.13. The van der Waals surface area contributed by atoms with E-state index < -0.39 is 0 Å². The van der Waals surface area contributed by atoms with E-state index in [1.807, 2.05) is 18.2 Å². The van der Waals surface area contributed by atoms with E-state index in [1.54, 1.807) is 27.4 Å². The van der Waals surface area contributed by atoms with Gasteiger partial charge in [-0.3, -0.25) is 4.79 Å². The van der Waals surface area contributed by atoms with Gasteiger partial charge in [-0.15, -0.1) is 5.10 Å². The Morgan fingerprint density at radius 1 is 1.16 bits per heavy atom. The topological polar surface area (TPSA) is 85.3 Å². The second kappa shape index (κ2) is 6.27. The molecule has 126 valence electrons. The zero-order valence-electron chi connectivity index (χ0n) is 13.1. The second-order valence-electron chi connectivity index (χ2n) is 5.60. The lowest BCUT2D eigenvalue weighted by atomic mass is 10.2. The lowest BCUT2D eigenvalue weighted by molar-refractivity contribution is 0.279.